The number of aromatic nitrogens is 2. The van der Waals surface area contributed by atoms with Crippen molar-refractivity contribution in [2.75, 3.05) is 12.0 Å². The van der Waals surface area contributed by atoms with Crippen molar-refractivity contribution in [1.82, 2.24) is 9.97 Å². The summed E-state index contributed by atoms with van der Waals surface area (Å²) >= 11 is 0. The molecule has 0 saturated heterocycles. The van der Waals surface area contributed by atoms with Gasteiger partial charge in [0.15, 0.2) is 11.5 Å². The maximum absolute atomic E-state index is 13.1. The van der Waals surface area contributed by atoms with E-state index >= 15 is 0 Å². The summed E-state index contributed by atoms with van der Waals surface area (Å²) in [6.07, 6.45) is 0.166. The molecule has 7 nitrogen and oxygen atoms in total. The van der Waals surface area contributed by atoms with Crippen molar-refractivity contribution < 1.29 is 19.4 Å². The van der Waals surface area contributed by atoms with E-state index in [-0.39, 0.29) is 23.7 Å². The number of ketones is 1. The number of aromatic amines is 1. The van der Waals surface area contributed by atoms with E-state index in [1.54, 1.807) is 38.3 Å². The summed E-state index contributed by atoms with van der Waals surface area (Å²) in [6.45, 7) is 5.69. The molecule has 4 rings (SSSR count). The fourth-order valence-corrected chi connectivity index (χ4v) is 3.80. The van der Waals surface area contributed by atoms with Gasteiger partial charge < -0.3 is 14.8 Å². The molecule has 30 heavy (non-hydrogen) atoms. The van der Waals surface area contributed by atoms with Gasteiger partial charge >= 0.3 is 0 Å². The van der Waals surface area contributed by atoms with E-state index < -0.39 is 17.7 Å². The van der Waals surface area contributed by atoms with E-state index in [4.69, 9.17) is 4.74 Å². The normalized spacial score (nSPS) is 16.6. The maximum Gasteiger partial charge on any atom is 0.296 e. The fourth-order valence-electron chi connectivity index (χ4n) is 3.80. The Morgan fingerprint density at radius 3 is 2.67 bits per heavy atom. The number of nitrogens with one attached hydrogen (secondary N) is 1. The number of hydrogen-bond donors (Lipinski definition) is 2. The summed E-state index contributed by atoms with van der Waals surface area (Å²) in [6, 6.07) is 10.2. The van der Waals surface area contributed by atoms with Gasteiger partial charge in [0, 0.05) is 6.42 Å². The summed E-state index contributed by atoms with van der Waals surface area (Å²) in [4.78, 5) is 34.9. The van der Waals surface area contributed by atoms with Gasteiger partial charge in [-0.2, -0.15) is 0 Å². The molecule has 1 atom stereocenters. The van der Waals surface area contributed by atoms with Crippen LogP contribution < -0.4 is 9.64 Å². The van der Waals surface area contributed by atoms with Crippen molar-refractivity contribution in [3.63, 3.8) is 0 Å². The number of amides is 1. The van der Waals surface area contributed by atoms with Gasteiger partial charge in [-0.3, -0.25) is 14.5 Å². The van der Waals surface area contributed by atoms with Gasteiger partial charge in [-0.05, 0) is 54.8 Å². The molecule has 7 heteroatoms. The molecule has 0 fully saturated rings. The fraction of sp³-hybridized carbons (Fsp3) is 0.261. The molecule has 2 aromatic carbocycles. The zero-order valence-electron chi connectivity index (χ0n) is 17.3. The zero-order chi connectivity index (χ0) is 21.6. The highest BCUT2D eigenvalue weighted by atomic mass is 16.5. The lowest BCUT2D eigenvalue weighted by Gasteiger charge is -2.24. The lowest BCUT2D eigenvalue weighted by Crippen LogP contribution is -2.32. The van der Waals surface area contributed by atoms with Crippen LogP contribution in [0.3, 0.4) is 0 Å². The van der Waals surface area contributed by atoms with Gasteiger partial charge in [0.2, 0.25) is 5.95 Å². The molecule has 154 valence electrons. The molecular weight excluding hydrogens is 382 g/mol. The van der Waals surface area contributed by atoms with Crippen LogP contribution in [0.25, 0.3) is 11.0 Å². The number of anilines is 1. The average molecular weight is 405 g/mol. The third-order valence-corrected chi connectivity index (χ3v) is 5.55. The van der Waals surface area contributed by atoms with Crippen molar-refractivity contribution in [2.24, 2.45) is 0 Å². The van der Waals surface area contributed by atoms with E-state index in [1.807, 2.05) is 26.0 Å². The standard InChI is InChI=1S/C23H23N3O4/c1-5-18(27)19-20(14-7-6-8-15(11-14)30-4)26(22(29)21(19)28)23-24-16-9-12(2)13(3)10-17(16)25-23/h6-11,20,28H,5H2,1-4H3,(H,24,25). The van der Waals surface area contributed by atoms with Crippen LogP contribution in [0.5, 0.6) is 5.75 Å². The Labute approximate surface area is 174 Å². The largest absolute Gasteiger partial charge is 0.503 e. The number of aryl methyl sites for hydroxylation is 2. The summed E-state index contributed by atoms with van der Waals surface area (Å²) in [5.74, 6) is -0.628. The van der Waals surface area contributed by atoms with Crippen molar-refractivity contribution in [3.8, 4) is 5.75 Å². The minimum atomic E-state index is -0.803. The number of methoxy groups -OCH3 is 1. The van der Waals surface area contributed by atoms with Crippen LogP contribution in [0.4, 0.5) is 5.95 Å². The second-order valence-electron chi connectivity index (χ2n) is 7.41. The van der Waals surface area contributed by atoms with Crippen LogP contribution in [0, 0.1) is 13.8 Å². The molecule has 1 aromatic heterocycles. The molecule has 1 amide bonds. The molecule has 0 aliphatic carbocycles. The molecule has 0 saturated carbocycles. The number of aliphatic hydroxyl groups excluding tert-OH is 1. The second-order valence-corrected chi connectivity index (χ2v) is 7.41. The molecule has 1 unspecified atom stereocenters. The van der Waals surface area contributed by atoms with E-state index in [0.29, 0.717) is 16.8 Å². The Morgan fingerprint density at radius 1 is 1.23 bits per heavy atom. The van der Waals surface area contributed by atoms with Crippen molar-refractivity contribution >= 4 is 28.7 Å². The molecule has 1 aliphatic rings. The first-order valence-corrected chi connectivity index (χ1v) is 9.76. The predicted molar refractivity (Wildman–Crippen MR) is 114 cm³/mol. The topological polar surface area (TPSA) is 95.5 Å². The SMILES string of the molecule is CCC(=O)C1=C(O)C(=O)N(c2nc3cc(C)c(C)cc3[nH]2)C1c1cccc(OC)c1. The quantitative estimate of drug-likeness (QED) is 0.667. The number of fused-ring (bicyclic) bond motifs is 1. The molecule has 2 N–H and O–H groups in total. The number of ether oxygens (including phenoxy) is 1. The van der Waals surface area contributed by atoms with Crippen molar-refractivity contribution in [2.45, 2.75) is 33.2 Å². The van der Waals surface area contributed by atoms with Crippen LogP contribution in [0.2, 0.25) is 0 Å². The summed E-state index contributed by atoms with van der Waals surface area (Å²) in [5.41, 5.74) is 4.39. The number of rotatable bonds is 5. The lowest BCUT2D eigenvalue weighted by molar-refractivity contribution is -0.118. The van der Waals surface area contributed by atoms with E-state index in [9.17, 15) is 14.7 Å². The first-order valence-electron chi connectivity index (χ1n) is 9.76. The molecule has 0 spiro atoms. The summed E-state index contributed by atoms with van der Waals surface area (Å²) in [7, 11) is 1.55. The lowest BCUT2D eigenvalue weighted by atomic mass is 9.95. The van der Waals surface area contributed by atoms with E-state index in [2.05, 4.69) is 9.97 Å². The first-order chi connectivity index (χ1) is 14.3. The minimum absolute atomic E-state index is 0.0728. The minimum Gasteiger partial charge on any atom is -0.503 e. The second kappa shape index (κ2) is 7.33. The number of hydrogen-bond acceptors (Lipinski definition) is 5. The number of carbonyl (C=O) groups is 2. The molecule has 0 bridgehead atoms. The molecule has 0 radical (unpaired) electrons. The first kappa shape index (κ1) is 19.7. The van der Waals surface area contributed by atoms with Crippen LogP contribution >= 0.6 is 0 Å². The van der Waals surface area contributed by atoms with E-state index in [0.717, 1.165) is 16.6 Å². The monoisotopic (exact) mass is 405 g/mol. The van der Waals surface area contributed by atoms with Crippen molar-refractivity contribution in [3.05, 3.63) is 64.4 Å². The molecule has 2 heterocycles. The smallest absolute Gasteiger partial charge is 0.296 e. The number of H-pyrrole nitrogens is 1. The van der Waals surface area contributed by atoms with Crippen LogP contribution in [0.1, 0.15) is 36.1 Å². The number of nitrogens with zero attached hydrogens (tertiary/aromatic N) is 2. The Bertz CT molecular complexity index is 1170. The highest BCUT2D eigenvalue weighted by molar-refractivity contribution is 6.16. The number of carbonyl (C=O) groups excluding carboxylic acids is 2. The number of imidazole rings is 1. The van der Waals surface area contributed by atoms with E-state index in [1.165, 1.54) is 4.90 Å². The Balaban J connectivity index is 1.91. The zero-order valence-corrected chi connectivity index (χ0v) is 17.3. The Hall–Kier alpha value is -3.61. The molecular formula is C23H23N3O4. The Kier molecular flexibility index (Phi) is 4.81. The van der Waals surface area contributed by atoms with Crippen LogP contribution in [-0.4, -0.2) is 33.9 Å². The highest BCUT2D eigenvalue weighted by Gasteiger charge is 2.45. The summed E-state index contributed by atoms with van der Waals surface area (Å²) < 4.78 is 5.32. The van der Waals surface area contributed by atoms with Gasteiger partial charge in [-0.25, -0.2) is 4.98 Å². The van der Waals surface area contributed by atoms with Crippen LogP contribution in [-0.2, 0) is 9.59 Å². The van der Waals surface area contributed by atoms with Crippen LogP contribution in [0.15, 0.2) is 47.7 Å². The average Bonchev–Trinajstić information content (AvgIpc) is 3.25. The van der Waals surface area contributed by atoms with Gasteiger partial charge in [0.05, 0.1) is 29.8 Å². The Morgan fingerprint density at radius 2 is 1.97 bits per heavy atom. The number of benzene rings is 2. The van der Waals surface area contributed by atoms with Gasteiger partial charge in [0.1, 0.15) is 5.75 Å². The summed E-state index contributed by atoms with van der Waals surface area (Å²) in [5, 5.41) is 10.6. The van der Waals surface area contributed by atoms with Crippen molar-refractivity contribution in [1.29, 1.82) is 0 Å². The maximum atomic E-state index is 13.1. The molecule has 3 aromatic rings. The molecule has 1 aliphatic heterocycles. The third kappa shape index (κ3) is 3.03. The van der Waals surface area contributed by atoms with Gasteiger partial charge in [-0.1, -0.05) is 19.1 Å². The highest BCUT2D eigenvalue weighted by Crippen LogP contribution is 2.41. The van der Waals surface area contributed by atoms with Gasteiger partial charge in [0.25, 0.3) is 5.91 Å². The number of Topliss-reactive ketones (excluding diaryl/α,β-unsaturated/α-hetero) is 1. The van der Waals surface area contributed by atoms with Gasteiger partial charge in [-0.15, -0.1) is 0 Å². The predicted octanol–water partition coefficient (Wildman–Crippen LogP) is 4.07. The third-order valence-electron chi connectivity index (χ3n) is 5.55. The number of aliphatic hydroxyl groups is 1.